The molecule has 1 atom stereocenters. The average molecular weight is 681 g/mol. The van der Waals surface area contributed by atoms with Gasteiger partial charge in [-0.05, 0) is 59.2 Å². The number of nitrogens with two attached hydrogens (primary N) is 1. The second-order valence-corrected chi connectivity index (χ2v) is 9.86. The Morgan fingerprint density at radius 1 is 0.804 bits per heavy atom. The molecule has 0 bridgehead atoms. The molecule has 0 aliphatic carbocycles. The van der Waals surface area contributed by atoms with Gasteiger partial charge in [0.15, 0.2) is 0 Å². The average Bonchev–Trinajstić information content (AvgIpc) is 2.96. The molecule has 0 heterocycles. The summed E-state index contributed by atoms with van der Waals surface area (Å²) < 4.78 is 142. The summed E-state index contributed by atoms with van der Waals surface area (Å²) in [6, 6.07) is 14.3. The SMILES string of the molecule is Cl.NCc1cc([C@@](Cc2ccccc2)(NC(=O)c2ccc(F)c(C(F)(F)F)c2)c2cc(F)cc(OC(F)(F)C(F)F)c2)ccc1F. The highest BCUT2D eigenvalue weighted by molar-refractivity contribution is 5.95. The quantitative estimate of drug-likeness (QED) is 0.166. The Balaban J connectivity index is 0.00000576. The van der Waals surface area contributed by atoms with Gasteiger partial charge in [-0.15, -0.1) is 12.4 Å². The molecule has 246 valence electrons. The van der Waals surface area contributed by atoms with Crippen molar-refractivity contribution in [3.05, 3.63) is 136 Å². The van der Waals surface area contributed by atoms with Gasteiger partial charge < -0.3 is 15.8 Å². The molecular formula is C31H23ClF10N2O2. The maximum atomic E-state index is 15.0. The summed E-state index contributed by atoms with van der Waals surface area (Å²) in [4.78, 5) is 13.7. The highest BCUT2D eigenvalue weighted by Gasteiger charge is 2.45. The van der Waals surface area contributed by atoms with Crippen LogP contribution in [0.15, 0.2) is 84.9 Å². The van der Waals surface area contributed by atoms with Gasteiger partial charge in [0, 0.05) is 30.2 Å². The summed E-state index contributed by atoms with van der Waals surface area (Å²) in [6.07, 6.45) is -15.0. The third-order valence-corrected chi connectivity index (χ3v) is 6.80. The van der Waals surface area contributed by atoms with Crippen molar-refractivity contribution in [1.82, 2.24) is 5.32 Å². The van der Waals surface area contributed by atoms with Crippen LogP contribution in [0.25, 0.3) is 0 Å². The van der Waals surface area contributed by atoms with Crippen LogP contribution in [0.5, 0.6) is 5.75 Å². The minimum absolute atomic E-state index is 0. The summed E-state index contributed by atoms with van der Waals surface area (Å²) in [6.45, 7) is -0.389. The molecule has 1 amide bonds. The third kappa shape index (κ3) is 7.91. The van der Waals surface area contributed by atoms with Crippen LogP contribution in [0.3, 0.4) is 0 Å². The van der Waals surface area contributed by atoms with Crippen LogP contribution in [0, 0.1) is 17.5 Å². The third-order valence-electron chi connectivity index (χ3n) is 6.80. The Morgan fingerprint density at radius 2 is 1.46 bits per heavy atom. The molecule has 0 aromatic heterocycles. The van der Waals surface area contributed by atoms with Gasteiger partial charge in [-0.2, -0.15) is 30.7 Å². The Morgan fingerprint density at radius 3 is 2.07 bits per heavy atom. The van der Waals surface area contributed by atoms with Crippen molar-refractivity contribution >= 4 is 18.3 Å². The maximum Gasteiger partial charge on any atom is 0.461 e. The Hall–Kier alpha value is -4.30. The molecule has 4 aromatic carbocycles. The van der Waals surface area contributed by atoms with Gasteiger partial charge in [0.2, 0.25) is 0 Å². The Labute approximate surface area is 261 Å². The summed E-state index contributed by atoms with van der Waals surface area (Å²) >= 11 is 0. The molecule has 0 unspecified atom stereocenters. The van der Waals surface area contributed by atoms with E-state index in [9.17, 15) is 44.3 Å². The van der Waals surface area contributed by atoms with Crippen molar-refractivity contribution in [3.8, 4) is 5.75 Å². The number of carbonyl (C=O) groups excluding carboxylic acids is 1. The molecule has 0 aliphatic rings. The van der Waals surface area contributed by atoms with Crippen LogP contribution in [-0.4, -0.2) is 18.4 Å². The molecule has 4 nitrogen and oxygen atoms in total. The number of benzene rings is 4. The number of hydrogen-bond donors (Lipinski definition) is 2. The summed E-state index contributed by atoms with van der Waals surface area (Å²) in [5.41, 5.74) is 0.834. The number of ether oxygens (including phenoxy) is 1. The molecule has 46 heavy (non-hydrogen) atoms. The number of rotatable bonds is 10. The molecule has 0 spiro atoms. The summed E-state index contributed by atoms with van der Waals surface area (Å²) in [5, 5.41) is 2.49. The first-order valence-corrected chi connectivity index (χ1v) is 12.9. The van der Waals surface area contributed by atoms with Crippen molar-refractivity contribution in [3.63, 3.8) is 0 Å². The zero-order valence-corrected chi connectivity index (χ0v) is 24.0. The number of halogens is 11. The van der Waals surface area contributed by atoms with Gasteiger partial charge in [-0.25, -0.2) is 13.2 Å². The zero-order chi connectivity index (χ0) is 33.2. The Kier molecular flexibility index (Phi) is 11.0. The fourth-order valence-corrected chi connectivity index (χ4v) is 4.68. The van der Waals surface area contributed by atoms with Crippen LogP contribution < -0.4 is 15.8 Å². The number of alkyl halides is 7. The van der Waals surface area contributed by atoms with Gasteiger partial charge >= 0.3 is 18.7 Å². The van der Waals surface area contributed by atoms with E-state index in [1.165, 1.54) is 12.1 Å². The van der Waals surface area contributed by atoms with E-state index in [-0.39, 0.29) is 42.6 Å². The van der Waals surface area contributed by atoms with Crippen molar-refractivity contribution in [2.75, 3.05) is 0 Å². The van der Waals surface area contributed by atoms with E-state index in [0.717, 1.165) is 36.4 Å². The van der Waals surface area contributed by atoms with Gasteiger partial charge in [-0.1, -0.05) is 36.4 Å². The standard InChI is InChI=1S/C31H22F10N2O2.ClH/c32-22-12-21(13-23(14-22)45-31(40,41)28(35)36)29(15-17-4-2-1-3-5-17,20-7-9-25(33)19(10-20)16-42)43-27(44)18-6-8-26(34)24(11-18)30(37,38)39;/h1-14,28H,15-16,42H2,(H,43,44);1H/t29-;/m1./s1. The van der Waals surface area contributed by atoms with Gasteiger partial charge in [0.05, 0.1) is 11.1 Å². The molecule has 0 aliphatic heterocycles. The fourth-order valence-electron chi connectivity index (χ4n) is 4.68. The van der Waals surface area contributed by atoms with E-state index in [0.29, 0.717) is 17.7 Å². The first-order valence-electron chi connectivity index (χ1n) is 12.9. The predicted molar refractivity (Wildman–Crippen MR) is 149 cm³/mol. The van der Waals surface area contributed by atoms with E-state index >= 15 is 4.39 Å². The van der Waals surface area contributed by atoms with Crippen LogP contribution >= 0.6 is 12.4 Å². The fraction of sp³-hybridized carbons (Fsp3) is 0.194. The van der Waals surface area contributed by atoms with E-state index < -0.39 is 70.0 Å². The van der Waals surface area contributed by atoms with E-state index in [4.69, 9.17) is 5.73 Å². The second kappa shape index (κ2) is 14.0. The first-order chi connectivity index (χ1) is 21.1. The molecule has 0 fully saturated rings. The highest BCUT2D eigenvalue weighted by Crippen LogP contribution is 2.39. The second-order valence-electron chi connectivity index (χ2n) is 9.86. The lowest BCUT2D eigenvalue weighted by molar-refractivity contribution is -0.253. The first kappa shape index (κ1) is 36.2. The lowest BCUT2D eigenvalue weighted by Crippen LogP contribution is -2.49. The molecule has 4 rings (SSSR count). The van der Waals surface area contributed by atoms with Gasteiger partial charge in [0.1, 0.15) is 23.2 Å². The normalized spacial score (nSPS) is 13.1. The summed E-state index contributed by atoms with van der Waals surface area (Å²) in [7, 11) is 0. The predicted octanol–water partition coefficient (Wildman–Crippen LogP) is 8.16. The van der Waals surface area contributed by atoms with Crippen molar-refractivity contribution < 1.29 is 53.4 Å². The van der Waals surface area contributed by atoms with Crippen molar-refractivity contribution in [2.45, 2.75) is 37.2 Å². The molecule has 4 aromatic rings. The monoisotopic (exact) mass is 680 g/mol. The van der Waals surface area contributed by atoms with Crippen molar-refractivity contribution in [1.29, 1.82) is 0 Å². The molecule has 3 N–H and O–H groups in total. The lowest BCUT2D eigenvalue weighted by atomic mass is 9.77. The molecule has 15 heteroatoms. The largest absolute Gasteiger partial charge is 0.461 e. The minimum atomic E-state index is -5.20. The van der Waals surface area contributed by atoms with Crippen LogP contribution in [0.2, 0.25) is 0 Å². The molecule has 0 saturated carbocycles. The topological polar surface area (TPSA) is 64.3 Å². The number of carbonyl (C=O) groups is 1. The van der Waals surface area contributed by atoms with E-state index in [1.807, 2.05) is 0 Å². The minimum Gasteiger partial charge on any atom is -0.428 e. The molecular weight excluding hydrogens is 658 g/mol. The molecule has 0 saturated heterocycles. The zero-order valence-electron chi connectivity index (χ0n) is 23.2. The number of hydrogen-bond acceptors (Lipinski definition) is 3. The highest BCUT2D eigenvalue weighted by atomic mass is 35.5. The lowest BCUT2D eigenvalue weighted by Gasteiger charge is -2.37. The van der Waals surface area contributed by atoms with Gasteiger partial charge in [-0.3, -0.25) is 4.79 Å². The number of amides is 1. The van der Waals surface area contributed by atoms with Crippen molar-refractivity contribution in [2.24, 2.45) is 5.73 Å². The molecule has 0 radical (unpaired) electrons. The number of nitrogens with one attached hydrogen (secondary N) is 1. The maximum absolute atomic E-state index is 15.0. The smallest absolute Gasteiger partial charge is 0.428 e. The van der Waals surface area contributed by atoms with Crippen LogP contribution in [-0.2, 0) is 24.7 Å². The van der Waals surface area contributed by atoms with Crippen LogP contribution in [0.4, 0.5) is 43.9 Å². The van der Waals surface area contributed by atoms with Crippen LogP contribution in [0.1, 0.15) is 38.2 Å². The summed E-state index contributed by atoms with van der Waals surface area (Å²) in [5.74, 6) is -6.13. The van der Waals surface area contributed by atoms with E-state index in [2.05, 4.69) is 10.1 Å². The van der Waals surface area contributed by atoms with Gasteiger partial charge in [0.25, 0.3) is 5.91 Å². The van der Waals surface area contributed by atoms with E-state index in [1.54, 1.807) is 18.2 Å². The Bertz CT molecular complexity index is 1690.